The van der Waals surface area contributed by atoms with Gasteiger partial charge in [0.05, 0.1) is 16.1 Å². The van der Waals surface area contributed by atoms with Gasteiger partial charge in [0.1, 0.15) is 0 Å². The second kappa shape index (κ2) is 5.84. The molecule has 0 aliphatic rings. The molecule has 2 aromatic carbocycles. The number of carbonyl (C=O) groups excluding carboxylic acids is 1. The summed E-state index contributed by atoms with van der Waals surface area (Å²) in [6.07, 6.45) is 0. The number of para-hydroxylation sites is 1. The minimum absolute atomic E-state index is 0.0726. The van der Waals surface area contributed by atoms with Crippen LogP contribution in [0.4, 0.5) is 11.4 Å². The molecule has 1 amide bonds. The Bertz CT molecular complexity index is 755. The molecule has 0 saturated heterocycles. The van der Waals surface area contributed by atoms with Crippen molar-refractivity contribution in [3.8, 4) is 0 Å². The van der Waals surface area contributed by atoms with Crippen molar-refractivity contribution in [3.05, 3.63) is 54.1 Å². The molecule has 110 valence electrons. The van der Waals surface area contributed by atoms with Gasteiger partial charge in [0.25, 0.3) is 15.9 Å². The zero-order valence-corrected chi connectivity index (χ0v) is 12.1. The number of carbonyl (C=O) groups is 1. The van der Waals surface area contributed by atoms with Crippen LogP contribution in [0.5, 0.6) is 0 Å². The quantitative estimate of drug-likeness (QED) is 0.744. The molecule has 2 rings (SSSR count). The Morgan fingerprint density at radius 2 is 1.67 bits per heavy atom. The van der Waals surface area contributed by atoms with E-state index in [4.69, 9.17) is 5.73 Å². The number of benzene rings is 2. The molecule has 0 heterocycles. The Hall–Kier alpha value is -2.54. The topological polar surface area (TPSA) is 101 Å². The summed E-state index contributed by atoms with van der Waals surface area (Å²) in [4.78, 5) is 11.8. The molecule has 0 saturated carbocycles. The molecule has 0 spiro atoms. The number of hydrogen-bond donors (Lipinski definition) is 3. The molecule has 0 unspecified atom stereocenters. The van der Waals surface area contributed by atoms with E-state index < -0.39 is 10.0 Å². The highest BCUT2D eigenvalue weighted by Gasteiger charge is 2.17. The summed E-state index contributed by atoms with van der Waals surface area (Å²) in [5, 5.41) is 2.46. The van der Waals surface area contributed by atoms with Gasteiger partial charge in [-0.3, -0.25) is 9.52 Å². The van der Waals surface area contributed by atoms with Gasteiger partial charge in [0.2, 0.25) is 0 Å². The van der Waals surface area contributed by atoms with Crippen molar-refractivity contribution >= 4 is 27.3 Å². The predicted octanol–water partition coefficient (Wildman–Crippen LogP) is 1.43. The summed E-state index contributed by atoms with van der Waals surface area (Å²) in [7, 11) is -2.30. The van der Waals surface area contributed by atoms with Gasteiger partial charge in [0.15, 0.2) is 0 Å². The van der Waals surface area contributed by atoms with Crippen LogP contribution in [0, 0.1) is 0 Å². The summed E-state index contributed by atoms with van der Waals surface area (Å²) in [5.74, 6) is -0.370. The minimum atomic E-state index is -3.78. The fraction of sp³-hybridized carbons (Fsp3) is 0.0714. The highest BCUT2D eigenvalue weighted by molar-refractivity contribution is 7.92. The van der Waals surface area contributed by atoms with Crippen LogP contribution in [0.25, 0.3) is 0 Å². The van der Waals surface area contributed by atoms with Crippen LogP contribution in [0.1, 0.15) is 10.4 Å². The smallest absolute Gasteiger partial charge is 0.261 e. The standard InChI is InChI=1S/C14H15N3O3S/c1-16-14(18)12-4-2-3-5-13(12)17-21(19,20)11-8-6-10(15)7-9-11/h2-9,17H,15H2,1H3,(H,16,18). The molecular weight excluding hydrogens is 290 g/mol. The molecule has 21 heavy (non-hydrogen) atoms. The number of amides is 1. The average Bonchev–Trinajstić information content (AvgIpc) is 2.47. The fourth-order valence-electron chi connectivity index (χ4n) is 1.76. The lowest BCUT2D eigenvalue weighted by Gasteiger charge is -2.11. The number of nitrogens with two attached hydrogens (primary N) is 1. The Labute approximate surface area is 123 Å². The summed E-state index contributed by atoms with van der Waals surface area (Å²) in [6.45, 7) is 0. The lowest BCUT2D eigenvalue weighted by atomic mass is 10.2. The molecule has 0 aliphatic carbocycles. The first-order valence-electron chi connectivity index (χ1n) is 6.13. The Morgan fingerprint density at radius 1 is 1.05 bits per heavy atom. The van der Waals surface area contributed by atoms with Crippen molar-refractivity contribution in [1.82, 2.24) is 5.32 Å². The van der Waals surface area contributed by atoms with Crippen LogP contribution in [0.2, 0.25) is 0 Å². The largest absolute Gasteiger partial charge is 0.399 e. The second-order valence-corrected chi connectivity index (χ2v) is 5.98. The third-order valence-electron chi connectivity index (χ3n) is 2.83. The lowest BCUT2D eigenvalue weighted by Crippen LogP contribution is -2.21. The molecule has 0 aliphatic heterocycles. The SMILES string of the molecule is CNC(=O)c1ccccc1NS(=O)(=O)c1ccc(N)cc1. The van der Waals surface area contributed by atoms with Crippen LogP contribution < -0.4 is 15.8 Å². The van der Waals surface area contributed by atoms with Gasteiger partial charge >= 0.3 is 0 Å². The van der Waals surface area contributed by atoms with Crippen molar-refractivity contribution < 1.29 is 13.2 Å². The van der Waals surface area contributed by atoms with Gasteiger partial charge in [-0.15, -0.1) is 0 Å². The lowest BCUT2D eigenvalue weighted by molar-refractivity contribution is 0.0964. The van der Waals surface area contributed by atoms with Crippen LogP contribution in [-0.2, 0) is 10.0 Å². The molecular formula is C14H15N3O3S. The summed E-state index contributed by atoms with van der Waals surface area (Å²) in [6, 6.07) is 12.2. The van der Waals surface area contributed by atoms with E-state index in [2.05, 4.69) is 10.0 Å². The maximum Gasteiger partial charge on any atom is 0.261 e. The molecule has 6 nitrogen and oxygen atoms in total. The maximum absolute atomic E-state index is 12.3. The monoisotopic (exact) mass is 305 g/mol. The maximum atomic E-state index is 12.3. The predicted molar refractivity (Wildman–Crippen MR) is 81.5 cm³/mol. The van der Waals surface area contributed by atoms with Crippen LogP contribution in [0.3, 0.4) is 0 Å². The summed E-state index contributed by atoms with van der Waals surface area (Å²) < 4.78 is 27.0. The number of nitrogen functional groups attached to an aromatic ring is 1. The third kappa shape index (κ3) is 3.32. The van der Waals surface area contributed by atoms with Gasteiger partial charge in [-0.1, -0.05) is 12.1 Å². The van der Waals surface area contributed by atoms with E-state index in [1.54, 1.807) is 18.2 Å². The third-order valence-corrected chi connectivity index (χ3v) is 4.21. The molecule has 0 atom stereocenters. The summed E-state index contributed by atoms with van der Waals surface area (Å²) >= 11 is 0. The van der Waals surface area contributed by atoms with Gasteiger partial charge in [-0.2, -0.15) is 0 Å². The van der Waals surface area contributed by atoms with Crippen molar-refractivity contribution in [3.63, 3.8) is 0 Å². The average molecular weight is 305 g/mol. The van der Waals surface area contributed by atoms with Crippen LogP contribution in [-0.4, -0.2) is 21.4 Å². The van der Waals surface area contributed by atoms with E-state index in [1.807, 2.05) is 0 Å². The summed E-state index contributed by atoms with van der Waals surface area (Å²) in [5.41, 5.74) is 6.47. The van der Waals surface area contributed by atoms with Crippen molar-refractivity contribution in [2.75, 3.05) is 17.5 Å². The van der Waals surface area contributed by atoms with Gasteiger partial charge < -0.3 is 11.1 Å². The van der Waals surface area contributed by atoms with E-state index in [0.717, 1.165) is 0 Å². The van der Waals surface area contributed by atoms with Crippen molar-refractivity contribution in [1.29, 1.82) is 0 Å². The molecule has 0 radical (unpaired) electrons. The van der Waals surface area contributed by atoms with Gasteiger partial charge in [-0.25, -0.2) is 8.42 Å². The van der Waals surface area contributed by atoms with Gasteiger partial charge in [0, 0.05) is 12.7 Å². The first-order chi connectivity index (χ1) is 9.94. The van der Waals surface area contributed by atoms with E-state index >= 15 is 0 Å². The first-order valence-corrected chi connectivity index (χ1v) is 7.62. The zero-order valence-electron chi connectivity index (χ0n) is 11.3. The number of nitrogens with one attached hydrogen (secondary N) is 2. The van der Waals surface area contributed by atoms with Crippen LogP contribution in [0.15, 0.2) is 53.4 Å². The zero-order chi connectivity index (χ0) is 15.5. The molecule has 0 bridgehead atoms. The molecule has 2 aromatic rings. The van der Waals surface area contributed by atoms with Crippen molar-refractivity contribution in [2.24, 2.45) is 0 Å². The first kappa shape index (κ1) is 14.9. The second-order valence-electron chi connectivity index (χ2n) is 4.30. The molecule has 7 heteroatoms. The highest BCUT2D eigenvalue weighted by atomic mass is 32.2. The number of sulfonamides is 1. The number of hydrogen-bond acceptors (Lipinski definition) is 4. The van der Waals surface area contributed by atoms with Crippen molar-refractivity contribution in [2.45, 2.75) is 4.90 Å². The van der Waals surface area contributed by atoms with E-state index in [-0.39, 0.29) is 22.1 Å². The highest BCUT2D eigenvalue weighted by Crippen LogP contribution is 2.20. The van der Waals surface area contributed by atoms with E-state index in [9.17, 15) is 13.2 Å². The van der Waals surface area contributed by atoms with E-state index in [1.165, 1.54) is 37.4 Å². The van der Waals surface area contributed by atoms with Gasteiger partial charge in [-0.05, 0) is 36.4 Å². The minimum Gasteiger partial charge on any atom is -0.399 e. The Balaban J connectivity index is 2.37. The normalized spacial score (nSPS) is 10.9. The fourth-order valence-corrected chi connectivity index (χ4v) is 2.84. The van der Waals surface area contributed by atoms with Crippen LogP contribution >= 0.6 is 0 Å². The molecule has 4 N–H and O–H groups in total. The number of anilines is 2. The molecule has 0 fully saturated rings. The number of rotatable bonds is 4. The molecule has 0 aromatic heterocycles. The van der Waals surface area contributed by atoms with E-state index in [0.29, 0.717) is 5.69 Å². The Morgan fingerprint density at radius 3 is 2.29 bits per heavy atom. The Kier molecular flexibility index (Phi) is 4.13.